The Morgan fingerprint density at radius 1 is 1.19 bits per heavy atom. The van der Waals surface area contributed by atoms with Gasteiger partial charge in [-0.2, -0.15) is 0 Å². The normalized spacial score (nSPS) is 11.4. The molecule has 108 valence electrons. The Morgan fingerprint density at radius 3 is 2.81 bits per heavy atom. The van der Waals surface area contributed by atoms with Crippen LogP contribution in [0, 0.1) is 5.92 Å². The molecule has 21 heavy (non-hydrogen) atoms. The van der Waals surface area contributed by atoms with Crippen LogP contribution in [0.5, 0.6) is 5.75 Å². The SMILES string of the molecule is CC(C)Cc1nc2cccnc2n1Cc1cccc(O)c1. The van der Waals surface area contributed by atoms with Gasteiger partial charge in [-0.25, -0.2) is 9.97 Å². The summed E-state index contributed by atoms with van der Waals surface area (Å²) < 4.78 is 2.14. The molecule has 0 aliphatic carbocycles. The van der Waals surface area contributed by atoms with Gasteiger partial charge in [-0.05, 0) is 35.7 Å². The smallest absolute Gasteiger partial charge is 0.160 e. The number of rotatable bonds is 4. The minimum Gasteiger partial charge on any atom is -0.508 e. The Morgan fingerprint density at radius 2 is 2.05 bits per heavy atom. The lowest BCUT2D eigenvalue weighted by molar-refractivity contribution is 0.474. The first kappa shape index (κ1) is 13.6. The number of pyridine rings is 1. The number of benzene rings is 1. The van der Waals surface area contributed by atoms with Gasteiger partial charge in [0.2, 0.25) is 0 Å². The predicted octanol–water partition coefficient (Wildman–Crippen LogP) is 3.38. The van der Waals surface area contributed by atoms with E-state index in [0.29, 0.717) is 12.5 Å². The van der Waals surface area contributed by atoms with Crippen molar-refractivity contribution in [1.82, 2.24) is 14.5 Å². The largest absolute Gasteiger partial charge is 0.508 e. The molecule has 1 aromatic carbocycles. The number of phenolic OH excluding ortho intramolecular Hbond substituents is 1. The standard InChI is InChI=1S/C17H19N3O/c1-12(2)9-16-19-15-7-4-8-18-17(15)20(16)11-13-5-3-6-14(21)10-13/h3-8,10,12,21H,9,11H2,1-2H3. The first-order valence-electron chi connectivity index (χ1n) is 7.21. The third-order valence-corrected chi connectivity index (χ3v) is 3.42. The van der Waals surface area contributed by atoms with Crippen LogP contribution in [-0.4, -0.2) is 19.6 Å². The number of aromatic hydroxyl groups is 1. The van der Waals surface area contributed by atoms with Crippen molar-refractivity contribution in [1.29, 1.82) is 0 Å². The molecule has 3 rings (SSSR count). The fourth-order valence-electron chi connectivity index (χ4n) is 2.53. The number of fused-ring (bicyclic) bond motifs is 1. The lowest BCUT2D eigenvalue weighted by atomic mass is 10.1. The van der Waals surface area contributed by atoms with E-state index in [1.807, 2.05) is 24.3 Å². The van der Waals surface area contributed by atoms with Crippen molar-refractivity contribution in [2.24, 2.45) is 5.92 Å². The molecule has 0 fully saturated rings. The summed E-state index contributed by atoms with van der Waals surface area (Å²) in [6, 6.07) is 11.2. The molecular formula is C17H19N3O. The van der Waals surface area contributed by atoms with Gasteiger partial charge < -0.3 is 9.67 Å². The lowest BCUT2D eigenvalue weighted by Crippen LogP contribution is -2.08. The zero-order chi connectivity index (χ0) is 14.8. The number of hydrogen-bond acceptors (Lipinski definition) is 3. The maximum absolute atomic E-state index is 9.63. The fourth-order valence-corrected chi connectivity index (χ4v) is 2.53. The molecule has 0 radical (unpaired) electrons. The van der Waals surface area contributed by atoms with Crippen LogP contribution < -0.4 is 0 Å². The number of phenols is 1. The van der Waals surface area contributed by atoms with Gasteiger partial charge in [0.25, 0.3) is 0 Å². The van der Waals surface area contributed by atoms with Gasteiger partial charge in [-0.3, -0.25) is 0 Å². The summed E-state index contributed by atoms with van der Waals surface area (Å²) in [6.45, 7) is 5.04. The zero-order valence-corrected chi connectivity index (χ0v) is 12.3. The molecule has 0 bridgehead atoms. The fraction of sp³-hybridized carbons (Fsp3) is 0.294. The molecule has 0 spiro atoms. The van der Waals surface area contributed by atoms with Crippen LogP contribution in [0.2, 0.25) is 0 Å². The number of aromatic nitrogens is 3. The summed E-state index contributed by atoms with van der Waals surface area (Å²) in [5.74, 6) is 1.86. The summed E-state index contributed by atoms with van der Waals surface area (Å²) in [5.41, 5.74) is 2.87. The maximum atomic E-state index is 9.63. The first-order chi connectivity index (χ1) is 10.1. The van der Waals surface area contributed by atoms with Gasteiger partial charge in [0.15, 0.2) is 5.65 Å². The predicted molar refractivity (Wildman–Crippen MR) is 83.3 cm³/mol. The van der Waals surface area contributed by atoms with Crippen molar-refractivity contribution in [2.75, 3.05) is 0 Å². The molecule has 1 N–H and O–H groups in total. The average Bonchev–Trinajstić information content (AvgIpc) is 2.76. The molecule has 0 atom stereocenters. The maximum Gasteiger partial charge on any atom is 0.160 e. The molecular weight excluding hydrogens is 262 g/mol. The number of nitrogens with zero attached hydrogens (tertiary/aromatic N) is 3. The van der Waals surface area contributed by atoms with E-state index < -0.39 is 0 Å². The number of hydrogen-bond donors (Lipinski definition) is 1. The highest BCUT2D eigenvalue weighted by atomic mass is 16.3. The van der Waals surface area contributed by atoms with Gasteiger partial charge >= 0.3 is 0 Å². The van der Waals surface area contributed by atoms with Crippen LogP contribution in [0.25, 0.3) is 11.2 Å². The minimum atomic E-state index is 0.287. The second-order valence-electron chi connectivity index (χ2n) is 5.73. The van der Waals surface area contributed by atoms with Gasteiger partial charge in [-0.1, -0.05) is 26.0 Å². The Labute approximate surface area is 124 Å². The van der Waals surface area contributed by atoms with Crippen LogP contribution in [0.4, 0.5) is 0 Å². The molecule has 0 unspecified atom stereocenters. The second kappa shape index (κ2) is 5.56. The van der Waals surface area contributed by atoms with Gasteiger partial charge in [0.05, 0.1) is 6.54 Å². The molecule has 4 nitrogen and oxygen atoms in total. The van der Waals surface area contributed by atoms with E-state index in [0.717, 1.165) is 29.0 Å². The van der Waals surface area contributed by atoms with E-state index in [9.17, 15) is 5.11 Å². The summed E-state index contributed by atoms with van der Waals surface area (Å²) in [7, 11) is 0. The van der Waals surface area contributed by atoms with Crippen molar-refractivity contribution in [3.8, 4) is 5.75 Å². The molecule has 0 aliphatic heterocycles. The van der Waals surface area contributed by atoms with Crippen molar-refractivity contribution in [3.63, 3.8) is 0 Å². The highest BCUT2D eigenvalue weighted by molar-refractivity contribution is 5.71. The van der Waals surface area contributed by atoms with Crippen LogP contribution in [0.1, 0.15) is 25.2 Å². The van der Waals surface area contributed by atoms with Crippen molar-refractivity contribution in [2.45, 2.75) is 26.8 Å². The van der Waals surface area contributed by atoms with Crippen LogP contribution in [-0.2, 0) is 13.0 Å². The molecule has 2 aromatic heterocycles. The monoisotopic (exact) mass is 281 g/mol. The van der Waals surface area contributed by atoms with Gasteiger partial charge in [0.1, 0.15) is 17.1 Å². The minimum absolute atomic E-state index is 0.287. The molecule has 0 amide bonds. The summed E-state index contributed by atoms with van der Waals surface area (Å²) in [5, 5.41) is 9.63. The molecule has 2 heterocycles. The topological polar surface area (TPSA) is 50.9 Å². The quantitative estimate of drug-likeness (QED) is 0.797. The molecule has 0 saturated carbocycles. The Balaban J connectivity index is 2.06. The van der Waals surface area contributed by atoms with E-state index in [-0.39, 0.29) is 5.75 Å². The van der Waals surface area contributed by atoms with Crippen molar-refractivity contribution in [3.05, 3.63) is 54.0 Å². The van der Waals surface area contributed by atoms with Crippen LogP contribution in [0.3, 0.4) is 0 Å². The van der Waals surface area contributed by atoms with Crippen molar-refractivity contribution >= 4 is 11.2 Å². The first-order valence-corrected chi connectivity index (χ1v) is 7.21. The summed E-state index contributed by atoms with van der Waals surface area (Å²) in [6.07, 6.45) is 2.71. The van der Waals surface area contributed by atoms with Crippen molar-refractivity contribution < 1.29 is 5.11 Å². The van der Waals surface area contributed by atoms with E-state index in [1.165, 1.54) is 0 Å². The van der Waals surface area contributed by atoms with Crippen LogP contribution >= 0.6 is 0 Å². The third kappa shape index (κ3) is 2.89. The highest BCUT2D eigenvalue weighted by Crippen LogP contribution is 2.19. The highest BCUT2D eigenvalue weighted by Gasteiger charge is 2.13. The Bertz CT molecular complexity index is 762. The van der Waals surface area contributed by atoms with Crippen LogP contribution in [0.15, 0.2) is 42.6 Å². The molecule has 3 aromatic rings. The molecule has 0 aliphatic rings. The molecule has 4 heteroatoms. The second-order valence-corrected chi connectivity index (χ2v) is 5.73. The van der Waals surface area contributed by atoms with E-state index >= 15 is 0 Å². The van der Waals surface area contributed by atoms with E-state index in [1.54, 1.807) is 18.3 Å². The molecule has 0 saturated heterocycles. The average molecular weight is 281 g/mol. The third-order valence-electron chi connectivity index (χ3n) is 3.42. The van der Waals surface area contributed by atoms with Gasteiger partial charge in [0, 0.05) is 12.6 Å². The summed E-state index contributed by atoms with van der Waals surface area (Å²) in [4.78, 5) is 9.18. The van der Waals surface area contributed by atoms with Gasteiger partial charge in [-0.15, -0.1) is 0 Å². The van der Waals surface area contributed by atoms with E-state index in [4.69, 9.17) is 4.98 Å². The Kier molecular flexibility index (Phi) is 3.60. The lowest BCUT2D eigenvalue weighted by Gasteiger charge is -2.10. The number of imidazole rings is 1. The Hall–Kier alpha value is -2.36. The summed E-state index contributed by atoms with van der Waals surface area (Å²) >= 11 is 0. The zero-order valence-electron chi connectivity index (χ0n) is 12.3. The van der Waals surface area contributed by atoms with E-state index in [2.05, 4.69) is 23.4 Å².